The van der Waals surface area contributed by atoms with Crippen molar-refractivity contribution in [3.05, 3.63) is 122 Å². The minimum absolute atomic E-state index is 0.242. The molecule has 0 aromatic rings. The largest absolute Gasteiger partial charge is 0.394 e. The number of ether oxygens (including phenoxy) is 6. The van der Waals surface area contributed by atoms with Crippen LogP contribution in [0.15, 0.2) is 122 Å². The summed E-state index contributed by atoms with van der Waals surface area (Å²) in [5.74, 6) is -0.259. The topological polar surface area (TPSA) is 307 Å². The lowest BCUT2D eigenvalue weighted by atomic mass is 9.96. The molecule has 3 heterocycles. The Kier molecular flexibility index (Phi) is 61.6. The molecule has 1 amide bonds. The third-order valence-corrected chi connectivity index (χ3v) is 20.6. The van der Waals surface area contributed by atoms with E-state index in [1.54, 1.807) is 0 Å². The van der Waals surface area contributed by atoms with Crippen LogP contribution >= 0.6 is 0 Å². The maximum absolute atomic E-state index is 13.5. The van der Waals surface area contributed by atoms with Gasteiger partial charge in [0, 0.05) is 6.42 Å². The van der Waals surface area contributed by atoms with Crippen LogP contribution in [-0.4, -0.2) is 193 Å². The van der Waals surface area contributed by atoms with Crippen LogP contribution in [0.3, 0.4) is 0 Å². The van der Waals surface area contributed by atoms with Gasteiger partial charge in [-0.2, -0.15) is 0 Å². The summed E-state index contributed by atoms with van der Waals surface area (Å²) in [5, 5.41) is 121. The van der Waals surface area contributed by atoms with E-state index >= 15 is 0 Å². The van der Waals surface area contributed by atoms with Crippen molar-refractivity contribution in [3.8, 4) is 0 Å². The molecule has 3 aliphatic heterocycles. The van der Waals surface area contributed by atoms with Crippen molar-refractivity contribution in [2.45, 2.75) is 407 Å². The SMILES string of the molecule is CC/C=C\C/C=C\C/C=C\C/C=C\C/C=C\C/C=C\C/C=C\C/C=C\C/C=C\C/C=C\CCCCCCCCC(=O)NC(COC1OC(CO)C(OC2OC(CO)C(OC3OC(CO)C(O)C(O)C3O)C(O)C2O)C(O)C1O)C(O)CCCCCCCCCCCCCCCCCCCCCCCCCCCC. The molecule has 0 aromatic carbocycles. The molecule has 3 aliphatic rings. The fourth-order valence-electron chi connectivity index (χ4n) is 13.8. The Hall–Kier alpha value is -3.81. The molecular weight excluding hydrogens is 1370 g/mol. The second kappa shape index (κ2) is 67.7. The average Bonchev–Trinajstić information content (AvgIpc) is 0.779. The van der Waals surface area contributed by atoms with E-state index in [0.29, 0.717) is 12.8 Å². The van der Waals surface area contributed by atoms with Crippen LogP contribution in [0.2, 0.25) is 0 Å². The van der Waals surface area contributed by atoms with E-state index in [1.165, 1.54) is 141 Å². The van der Waals surface area contributed by atoms with Crippen LogP contribution in [0.5, 0.6) is 0 Å². The van der Waals surface area contributed by atoms with Crippen molar-refractivity contribution >= 4 is 5.91 Å². The normalized spacial score (nSPS) is 26.0. The predicted molar refractivity (Wildman–Crippen MR) is 433 cm³/mol. The van der Waals surface area contributed by atoms with E-state index in [1.807, 2.05) is 0 Å². The fraction of sp³-hybridized carbons (Fsp3) is 0.764. The number of rotatable bonds is 67. The molecule has 3 fully saturated rings. The zero-order chi connectivity index (χ0) is 78.1. The number of allylic oxidation sites excluding steroid dienone is 20. The fourth-order valence-corrected chi connectivity index (χ4v) is 13.8. The summed E-state index contributed by atoms with van der Waals surface area (Å²) in [4.78, 5) is 13.5. The molecule has 0 radical (unpaired) electrons. The van der Waals surface area contributed by atoms with Gasteiger partial charge < -0.3 is 89.9 Å². The van der Waals surface area contributed by atoms with E-state index in [-0.39, 0.29) is 18.9 Å². The standard InChI is InChI=1S/C89H153NO18/c1-3-5-7-9-11-13-15-17-19-21-23-25-27-29-31-32-33-34-35-36-37-38-39-40-41-43-45-47-49-51-53-55-57-59-61-63-65-67-77(95)90-72(73(94)66-64-62-60-58-56-54-52-50-48-46-44-42-30-28-26-24-22-20-18-16-14-12-10-8-6-4-2)71-103-87-83(101)80(98)85(75(69-92)105-87)108-89-84(102)81(99)86(76(70-93)106-89)107-88-82(100)79(97)78(96)74(68-91)104-88/h5,7,11,13,17,19,23,25,29,31,33-34,36-37,39-40,43,45,49,51,72-76,78-89,91-94,96-102H,3-4,6,8-10,12,14-16,18,20-22,24,26-28,30,32,35,38,41-42,44,46-48,50,52-71H2,1-2H3,(H,90,95)/b7-5-,13-11-,19-17-,25-23-,31-29-,34-33-,37-36-,40-39-,45-43-,51-49-. The molecule has 3 saturated heterocycles. The van der Waals surface area contributed by atoms with E-state index in [9.17, 15) is 61.0 Å². The first kappa shape index (κ1) is 98.4. The number of carbonyl (C=O) groups excluding carboxylic acids is 1. The van der Waals surface area contributed by atoms with Crippen LogP contribution in [0, 0.1) is 0 Å². The Morgan fingerprint density at radius 2 is 0.639 bits per heavy atom. The summed E-state index contributed by atoms with van der Waals surface area (Å²) in [5.41, 5.74) is 0. The van der Waals surface area contributed by atoms with Gasteiger partial charge in [-0.3, -0.25) is 4.79 Å². The van der Waals surface area contributed by atoms with Gasteiger partial charge >= 0.3 is 0 Å². The molecule has 19 heteroatoms. The molecule has 0 saturated carbocycles. The van der Waals surface area contributed by atoms with Gasteiger partial charge in [0.1, 0.15) is 73.2 Å². The highest BCUT2D eigenvalue weighted by molar-refractivity contribution is 5.76. The number of hydrogen-bond acceptors (Lipinski definition) is 18. The van der Waals surface area contributed by atoms with Gasteiger partial charge in [0.05, 0.1) is 38.6 Å². The van der Waals surface area contributed by atoms with Crippen molar-refractivity contribution in [1.82, 2.24) is 5.32 Å². The lowest BCUT2D eigenvalue weighted by Crippen LogP contribution is -2.66. The number of aliphatic hydroxyl groups excluding tert-OH is 11. The summed E-state index contributed by atoms with van der Waals surface area (Å²) in [7, 11) is 0. The minimum Gasteiger partial charge on any atom is -0.394 e. The van der Waals surface area contributed by atoms with Crippen molar-refractivity contribution in [2.75, 3.05) is 26.4 Å². The Morgan fingerprint density at radius 3 is 1.00 bits per heavy atom. The number of amides is 1. The lowest BCUT2D eigenvalue weighted by Gasteiger charge is -2.48. The number of hydrogen-bond donors (Lipinski definition) is 12. The van der Waals surface area contributed by atoms with Crippen molar-refractivity contribution in [2.24, 2.45) is 0 Å². The van der Waals surface area contributed by atoms with Crippen LogP contribution in [-0.2, 0) is 33.2 Å². The van der Waals surface area contributed by atoms with Gasteiger partial charge in [-0.1, -0.05) is 328 Å². The summed E-state index contributed by atoms with van der Waals surface area (Å²) in [6.07, 6.45) is 68.5. The first-order valence-corrected chi connectivity index (χ1v) is 42.8. The quantitative estimate of drug-likeness (QED) is 0.0199. The molecule has 17 unspecified atom stereocenters. The summed E-state index contributed by atoms with van der Waals surface area (Å²) < 4.78 is 34.5. The van der Waals surface area contributed by atoms with E-state index in [2.05, 4.69) is 141 Å². The monoisotopic (exact) mass is 1520 g/mol. The summed E-state index contributed by atoms with van der Waals surface area (Å²) in [6.45, 7) is 1.70. The molecule has 3 rings (SSSR count). The third kappa shape index (κ3) is 46.4. The van der Waals surface area contributed by atoms with Crippen LogP contribution in [0.4, 0.5) is 0 Å². The number of aliphatic hydroxyl groups is 11. The van der Waals surface area contributed by atoms with Crippen LogP contribution < -0.4 is 5.32 Å². The highest BCUT2D eigenvalue weighted by atomic mass is 16.8. The number of nitrogens with one attached hydrogen (secondary N) is 1. The Morgan fingerprint density at radius 1 is 0.343 bits per heavy atom. The minimum atomic E-state index is -1.98. The Bertz CT molecular complexity index is 2420. The van der Waals surface area contributed by atoms with Gasteiger partial charge in [-0.15, -0.1) is 0 Å². The Labute approximate surface area is 652 Å². The Balaban J connectivity index is 1.36. The second-order valence-electron chi connectivity index (χ2n) is 29.9. The van der Waals surface area contributed by atoms with Gasteiger partial charge in [0.25, 0.3) is 0 Å². The maximum Gasteiger partial charge on any atom is 0.220 e. The summed E-state index contributed by atoms with van der Waals surface area (Å²) in [6, 6.07) is -0.906. The van der Waals surface area contributed by atoms with Crippen molar-refractivity contribution in [1.29, 1.82) is 0 Å². The molecule has 12 N–H and O–H groups in total. The summed E-state index contributed by atoms with van der Waals surface area (Å²) >= 11 is 0. The lowest BCUT2D eigenvalue weighted by molar-refractivity contribution is -0.379. The predicted octanol–water partition coefficient (Wildman–Crippen LogP) is 15.5. The highest BCUT2D eigenvalue weighted by Gasteiger charge is 2.54. The van der Waals surface area contributed by atoms with Gasteiger partial charge in [-0.05, 0) is 89.9 Å². The zero-order valence-electron chi connectivity index (χ0n) is 66.8. The smallest absolute Gasteiger partial charge is 0.220 e. The molecule has 108 heavy (non-hydrogen) atoms. The van der Waals surface area contributed by atoms with E-state index in [4.69, 9.17) is 28.4 Å². The van der Waals surface area contributed by atoms with Crippen LogP contribution in [0.25, 0.3) is 0 Å². The third-order valence-electron chi connectivity index (χ3n) is 20.6. The molecule has 0 aliphatic carbocycles. The van der Waals surface area contributed by atoms with Gasteiger partial charge in [0.15, 0.2) is 18.9 Å². The van der Waals surface area contributed by atoms with E-state index in [0.717, 1.165) is 128 Å². The molecule has 622 valence electrons. The molecule has 0 spiro atoms. The second-order valence-corrected chi connectivity index (χ2v) is 29.9. The zero-order valence-corrected chi connectivity index (χ0v) is 66.8. The number of carbonyl (C=O) groups is 1. The number of unbranched alkanes of at least 4 members (excludes halogenated alkanes) is 31. The molecule has 19 nitrogen and oxygen atoms in total. The van der Waals surface area contributed by atoms with Gasteiger partial charge in [0.2, 0.25) is 5.91 Å². The molecule has 17 atom stereocenters. The van der Waals surface area contributed by atoms with Crippen molar-refractivity contribution < 1.29 is 89.4 Å². The highest BCUT2D eigenvalue weighted by Crippen LogP contribution is 2.33. The van der Waals surface area contributed by atoms with E-state index < -0.39 is 124 Å². The first-order chi connectivity index (χ1) is 52.8. The van der Waals surface area contributed by atoms with Crippen LogP contribution in [0.1, 0.15) is 303 Å². The van der Waals surface area contributed by atoms with Gasteiger partial charge in [-0.25, -0.2) is 0 Å². The molecule has 0 aromatic heterocycles. The maximum atomic E-state index is 13.5. The molecule has 0 bridgehead atoms. The average molecular weight is 1530 g/mol. The molecular formula is C89H153NO18. The first-order valence-electron chi connectivity index (χ1n) is 42.8. The van der Waals surface area contributed by atoms with Crippen molar-refractivity contribution in [3.63, 3.8) is 0 Å².